The molecule has 0 bridgehead atoms. The molecule has 2 rings (SSSR count). The molecule has 0 heterocycles. The maximum Gasteiger partial charge on any atom is 0.337 e. The van der Waals surface area contributed by atoms with Gasteiger partial charge in [-0.2, -0.15) is 0 Å². The van der Waals surface area contributed by atoms with Crippen LogP contribution < -0.4 is 5.73 Å². The van der Waals surface area contributed by atoms with Gasteiger partial charge in [-0.1, -0.05) is 24.3 Å². The van der Waals surface area contributed by atoms with E-state index in [1.165, 1.54) is 18.2 Å². The summed E-state index contributed by atoms with van der Waals surface area (Å²) < 4.78 is 4.67. The van der Waals surface area contributed by atoms with Crippen molar-refractivity contribution in [1.29, 1.82) is 0 Å². The molecule has 2 aromatic rings. The van der Waals surface area contributed by atoms with E-state index < -0.39 is 0 Å². The first-order valence-corrected chi connectivity index (χ1v) is 7.25. The average molecular weight is 287 g/mol. The van der Waals surface area contributed by atoms with Crippen LogP contribution in [0.1, 0.15) is 21.5 Å². The Morgan fingerprint density at radius 3 is 2.65 bits per heavy atom. The van der Waals surface area contributed by atoms with Crippen LogP contribution in [0.4, 0.5) is 5.69 Å². The molecule has 0 aliphatic heterocycles. The van der Waals surface area contributed by atoms with Crippen molar-refractivity contribution in [2.45, 2.75) is 17.6 Å². The largest absolute Gasteiger partial charge is 0.465 e. The van der Waals surface area contributed by atoms with Crippen molar-refractivity contribution in [3.05, 3.63) is 59.2 Å². The van der Waals surface area contributed by atoms with Gasteiger partial charge in [-0.05, 0) is 36.2 Å². The summed E-state index contributed by atoms with van der Waals surface area (Å²) in [5, 5.41) is 0. The fourth-order valence-corrected chi connectivity index (χ4v) is 2.88. The zero-order valence-corrected chi connectivity index (χ0v) is 12.4. The van der Waals surface area contributed by atoms with Crippen molar-refractivity contribution in [3.8, 4) is 0 Å². The van der Waals surface area contributed by atoms with Crippen LogP contribution in [0.2, 0.25) is 0 Å². The summed E-state index contributed by atoms with van der Waals surface area (Å²) in [6.07, 6.45) is 0. The molecule has 0 unspecified atom stereocenters. The van der Waals surface area contributed by atoms with Crippen molar-refractivity contribution in [2.75, 3.05) is 12.8 Å². The maximum absolute atomic E-state index is 11.4. The van der Waals surface area contributed by atoms with Crippen molar-refractivity contribution in [2.24, 2.45) is 0 Å². The summed E-state index contributed by atoms with van der Waals surface area (Å²) in [5.74, 6) is 0.487. The number of nitrogen functional groups attached to an aromatic ring is 1. The van der Waals surface area contributed by atoms with E-state index in [1.54, 1.807) is 23.9 Å². The minimum absolute atomic E-state index is 0.368. The third kappa shape index (κ3) is 3.33. The molecular formula is C16H17NO2S. The van der Waals surface area contributed by atoms with E-state index in [9.17, 15) is 4.79 Å². The highest BCUT2D eigenvalue weighted by Crippen LogP contribution is 2.29. The number of thioether (sulfide) groups is 1. The number of aryl methyl sites for hydroxylation is 1. The Morgan fingerprint density at radius 1 is 1.25 bits per heavy atom. The molecule has 0 atom stereocenters. The summed E-state index contributed by atoms with van der Waals surface area (Å²) in [5.41, 5.74) is 9.62. The number of esters is 1. The monoisotopic (exact) mass is 287 g/mol. The number of methoxy groups -OCH3 is 1. The molecule has 0 aromatic heterocycles. The van der Waals surface area contributed by atoms with Crippen LogP contribution in [0.15, 0.2) is 47.4 Å². The first kappa shape index (κ1) is 14.5. The summed E-state index contributed by atoms with van der Waals surface area (Å²) >= 11 is 1.67. The Balaban J connectivity index is 2.11. The van der Waals surface area contributed by atoms with Crippen LogP contribution in [0.5, 0.6) is 0 Å². The fourth-order valence-electron chi connectivity index (χ4n) is 1.85. The molecule has 0 spiro atoms. The lowest BCUT2D eigenvalue weighted by Crippen LogP contribution is -2.02. The van der Waals surface area contributed by atoms with Gasteiger partial charge in [-0.3, -0.25) is 0 Å². The van der Waals surface area contributed by atoms with Gasteiger partial charge in [-0.25, -0.2) is 4.79 Å². The van der Waals surface area contributed by atoms with E-state index in [1.807, 2.05) is 18.2 Å². The summed E-state index contributed by atoms with van der Waals surface area (Å²) in [6.45, 7) is 2.10. The van der Waals surface area contributed by atoms with Gasteiger partial charge >= 0.3 is 5.97 Å². The molecule has 2 N–H and O–H groups in total. The van der Waals surface area contributed by atoms with Gasteiger partial charge in [0.2, 0.25) is 0 Å². The van der Waals surface area contributed by atoms with Crippen LogP contribution in [0.3, 0.4) is 0 Å². The van der Waals surface area contributed by atoms with E-state index in [-0.39, 0.29) is 5.97 Å². The Bertz CT molecular complexity index is 626. The Morgan fingerprint density at radius 2 is 2.00 bits per heavy atom. The molecule has 20 heavy (non-hydrogen) atoms. The van der Waals surface area contributed by atoms with Crippen LogP contribution in [0.25, 0.3) is 0 Å². The van der Waals surface area contributed by atoms with Crippen LogP contribution in [0, 0.1) is 6.92 Å². The average Bonchev–Trinajstić information content (AvgIpc) is 2.46. The third-order valence-corrected chi connectivity index (χ3v) is 4.21. The number of hydrogen-bond acceptors (Lipinski definition) is 4. The topological polar surface area (TPSA) is 52.3 Å². The number of carbonyl (C=O) groups excluding carboxylic acids is 1. The molecule has 4 heteroatoms. The number of rotatable bonds is 4. The van der Waals surface area contributed by atoms with E-state index >= 15 is 0 Å². The standard InChI is InChI=1S/C16H17NO2S/c1-11-5-3-4-6-13(11)10-20-15-8-7-12(9-14(15)17)16(18)19-2/h3-9H,10,17H2,1-2H3. The van der Waals surface area contributed by atoms with E-state index in [0.29, 0.717) is 11.3 Å². The highest BCUT2D eigenvalue weighted by molar-refractivity contribution is 7.98. The van der Waals surface area contributed by atoms with Crippen LogP contribution in [-0.2, 0) is 10.5 Å². The molecule has 0 saturated carbocycles. The van der Waals surface area contributed by atoms with Gasteiger partial charge in [0.25, 0.3) is 0 Å². The van der Waals surface area contributed by atoms with Crippen molar-refractivity contribution < 1.29 is 9.53 Å². The molecule has 0 saturated heterocycles. The van der Waals surface area contributed by atoms with Crippen molar-refractivity contribution >= 4 is 23.4 Å². The van der Waals surface area contributed by atoms with Crippen LogP contribution in [-0.4, -0.2) is 13.1 Å². The number of hydrogen-bond donors (Lipinski definition) is 1. The maximum atomic E-state index is 11.4. The number of nitrogens with two attached hydrogens (primary N) is 1. The fraction of sp³-hybridized carbons (Fsp3) is 0.188. The highest BCUT2D eigenvalue weighted by Gasteiger charge is 2.09. The lowest BCUT2D eigenvalue weighted by atomic mass is 10.1. The third-order valence-electron chi connectivity index (χ3n) is 3.08. The molecule has 0 radical (unpaired) electrons. The van der Waals surface area contributed by atoms with Gasteiger partial charge in [0.1, 0.15) is 0 Å². The molecule has 2 aromatic carbocycles. The van der Waals surface area contributed by atoms with Gasteiger partial charge in [0.05, 0.1) is 12.7 Å². The second kappa shape index (κ2) is 6.48. The molecule has 0 amide bonds. The summed E-state index contributed by atoms with van der Waals surface area (Å²) in [4.78, 5) is 12.4. The minimum atomic E-state index is -0.368. The number of ether oxygens (including phenoxy) is 1. The zero-order chi connectivity index (χ0) is 14.5. The second-order valence-corrected chi connectivity index (χ2v) is 5.48. The highest BCUT2D eigenvalue weighted by atomic mass is 32.2. The number of benzene rings is 2. The predicted molar refractivity (Wildman–Crippen MR) is 82.9 cm³/mol. The zero-order valence-electron chi connectivity index (χ0n) is 11.6. The van der Waals surface area contributed by atoms with Gasteiger partial charge in [0.15, 0.2) is 0 Å². The lowest BCUT2D eigenvalue weighted by Gasteiger charge is -2.09. The molecular weight excluding hydrogens is 270 g/mol. The summed E-state index contributed by atoms with van der Waals surface area (Å²) in [6, 6.07) is 13.5. The molecule has 0 fully saturated rings. The van der Waals surface area contributed by atoms with E-state index in [4.69, 9.17) is 5.73 Å². The predicted octanol–water partition coefficient (Wildman–Crippen LogP) is 3.66. The smallest absolute Gasteiger partial charge is 0.337 e. The van der Waals surface area contributed by atoms with Gasteiger partial charge < -0.3 is 10.5 Å². The molecule has 104 valence electrons. The Hall–Kier alpha value is -1.94. The van der Waals surface area contributed by atoms with Crippen molar-refractivity contribution in [1.82, 2.24) is 0 Å². The van der Waals surface area contributed by atoms with Gasteiger partial charge in [0, 0.05) is 16.3 Å². The SMILES string of the molecule is COC(=O)c1ccc(SCc2ccccc2C)c(N)c1. The normalized spacial score (nSPS) is 10.3. The number of anilines is 1. The Labute approximate surface area is 123 Å². The minimum Gasteiger partial charge on any atom is -0.465 e. The molecule has 0 aliphatic carbocycles. The summed E-state index contributed by atoms with van der Waals surface area (Å²) in [7, 11) is 1.36. The first-order chi connectivity index (χ1) is 9.61. The second-order valence-electron chi connectivity index (χ2n) is 4.46. The van der Waals surface area contributed by atoms with Crippen molar-refractivity contribution in [3.63, 3.8) is 0 Å². The molecule has 0 aliphatic rings. The first-order valence-electron chi connectivity index (χ1n) is 6.27. The number of carbonyl (C=O) groups is 1. The van der Waals surface area contributed by atoms with Gasteiger partial charge in [-0.15, -0.1) is 11.8 Å². The lowest BCUT2D eigenvalue weighted by molar-refractivity contribution is 0.0600. The Kier molecular flexibility index (Phi) is 4.69. The van der Waals surface area contributed by atoms with Crippen LogP contribution >= 0.6 is 11.8 Å². The quantitative estimate of drug-likeness (QED) is 0.530. The molecule has 3 nitrogen and oxygen atoms in total. The van der Waals surface area contributed by atoms with E-state index in [0.717, 1.165) is 10.6 Å². The van der Waals surface area contributed by atoms with E-state index in [2.05, 4.69) is 23.8 Å².